The third kappa shape index (κ3) is 3.44. The second-order valence-electron chi connectivity index (χ2n) is 6.93. The number of carbonyl (C=O) groups excluding carboxylic acids is 3. The van der Waals surface area contributed by atoms with Gasteiger partial charge in [-0.1, -0.05) is 27.7 Å². The van der Waals surface area contributed by atoms with Crippen LogP contribution in [-0.2, 0) is 0 Å². The maximum Gasteiger partial charge on any atom is 0.261 e. The third-order valence-electron chi connectivity index (χ3n) is 3.79. The molecular weight excluding hydrogens is 292 g/mol. The quantitative estimate of drug-likeness (QED) is 0.785. The van der Waals surface area contributed by atoms with Crippen LogP contribution in [0.15, 0.2) is 18.2 Å². The average molecular weight is 316 g/mol. The van der Waals surface area contributed by atoms with Crippen molar-refractivity contribution in [2.45, 2.75) is 27.7 Å². The zero-order chi connectivity index (χ0) is 17.3. The lowest BCUT2D eigenvalue weighted by Gasteiger charge is -2.26. The highest BCUT2D eigenvalue weighted by atomic mass is 16.2. The van der Waals surface area contributed by atoms with Gasteiger partial charge >= 0.3 is 0 Å². The summed E-state index contributed by atoms with van der Waals surface area (Å²) < 4.78 is 0. The summed E-state index contributed by atoms with van der Waals surface area (Å²) in [5.41, 5.74) is 1.15. The number of imide groups is 1. The van der Waals surface area contributed by atoms with Crippen LogP contribution in [0.4, 0.5) is 0 Å². The molecule has 0 atom stereocenters. The molecule has 0 N–H and O–H groups in total. The molecule has 0 aliphatic carbocycles. The second-order valence-corrected chi connectivity index (χ2v) is 6.93. The van der Waals surface area contributed by atoms with Crippen LogP contribution in [0.25, 0.3) is 0 Å². The van der Waals surface area contributed by atoms with Crippen LogP contribution >= 0.6 is 0 Å². The molecule has 0 fully saturated rings. The molecule has 2 rings (SSSR count). The molecule has 0 saturated carbocycles. The molecule has 1 aromatic rings. The highest BCUT2D eigenvalue weighted by Gasteiger charge is 2.33. The smallest absolute Gasteiger partial charge is 0.261 e. The Bertz CT molecular complexity index is 640. The molecule has 5 heteroatoms. The van der Waals surface area contributed by atoms with E-state index >= 15 is 0 Å². The Morgan fingerprint density at radius 3 is 2.04 bits per heavy atom. The summed E-state index contributed by atoms with van der Waals surface area (Å²) in [4.78, 5) is 39.7. The Kier molecular flexibility index (Phi) is 4.88. The first-order valence-electron chi connectivity index (χ1n) is 7.98. The van der Waals surface area contributed by atoms with Gasteiger partial charge < -0.3 is 4.90 Å². The summed E-state index contributed by atoms with van der Waals surface area (Å²) in [5.74, 6) is -0.0305. The normalized spacial score (nSPS) is 14.0. The van der Waals surface area contributed by atoms with Crippen molar-refractivity contribution >= 4 is 17.7 Å². The lowest BCUT2D eigenvalue weighted by molar-refractivity contribution is 0.0691. The van der Waals surface area contributed by atoms with Crippen LogP contribution in [0.2, 0.25) is 0 Å². The van der Waals surface area contributed by atoms with Crippen molar-refractivity contribution in [2.75, 3.05) is 20.1 Å². The number of nitrogens with zero attached hydrogens (tertiary/aromatic N) is 2. The van der Waals surface area contributed by atoms with Crippen molar-refractivity contribution in [3.8, 4) is 0 Å². The van der Waals surface area contributed by atoms with Gasteiger partial charge in [0.25, 0.3) is 17.7 Å². The Balaban J connectivity index is 2.32. The highest BCUT2D eigenvalue weighted by molar-refractivity contribution is 6.21. The number of rotatable bonds is 5. The van der Waals surface area contributed by atoms with E-state index in [9.17, 15) is 14.4 Å². The lowest BCUT2D eigenvalue weighted by atomic mass is 10.0. The van der Waals surface area contributed by atoms with Gasteiger partial charge in [0.15, 0.2) is 0 Å². The lowest BCUT2D eigenvalue weighted by Crippen LogP contribution is -2.37. The van der Waals surface area contributed by atoms with Gasteiger partial charge in [0.05, 0.1) is 11.1 Å². The predicted molar refractivity (Wildman–Crippen MR) is 88.4 cm³/mol. The predicted octanol–water partition coefficient (Wildman–Crippen LogP) is 2.67. The minimum Gasteiger partial charge on any atom is -0.338 e. The Morgan fingerprint density at radius 2 is 1.52 bits per heavy atom. The van der Waals surface area contributed by atoms with Gasteiger partial charge in [0, 0.05) is 25.7 Å². The summed E-state index contributed by atoms with van der Waals surface area (Å²) in [5, 5.41) is 0. The SMILES string of the molecule is CC(C)CN(CC(C)C)C(=O)c1ccc2c(c1)C(=O)N(C)C2=O. The van der Waals surface area contributed by atoms with Gasteiger partial charge in [-0.3, -0.25) is 19.3 Å². The van der Waals surface area contributed by atoms with Crippen LogP contribution in [0.3, 0.4) is 0 Å². The van der Waals surface area contributed by atoms with Gasteiger partial charge in [-0.05, 0) is 30.0 Å². The Morgan fingerprint density at radius 1 is 1.00 bits per heavy atom. The van der Waals surface area contributed by atoms with Gasteiger partial charge in [-0.15, -0.1) is 0 Å². The van der Waals surface area contributed by atoms with Crippen molar-refractivity contribution in [3.05, 3.63) is 34.9 Å². The molecule has 3 amide bonds. The van der Waals surface area contributed by atoms with E-state index in [1.165, 1.54) is 7.05 Å². The van der Waals surface area contributed by atoms with Crippen molar-refractivity contribution in [2.24, 2.45) is 11.8 Å². The maximum atomic E-state index is 12.8. The monoisotopic (exact) mass is 316 g/mol. The molecule has 1 aromatic carbocycles. The topological polar surface area (TPSA) is 57.7 Å². The summed E-state index contributed by atoms with van der Waals surface area (Å²) in [6.45, 7) is 9.61. The van der Waals surface area contributed by atoms with E-state index in [4.69, 9.17) is 0 Å². The van der Waals surface area contributed by atoms with E-state index in [1.807, 2.05) is 4.90 Å². The van der Waals surface area contributed by atoms with Gasteiger partial charge in [0.2, 0.25) is 0 Å². The minimum absolute atomic E-state index is 0.0926. The number of hydrogen-bond acceptors (Lipinski definition) is 3. The number of fused-ring (bicyclic) bond motifs is 1. The number of hydrogen-bond donors (Lipinski definition) is 0. The van der Waals surface area contributed by atoms with Crippen LogP contribution in [0, 0.1) is 11.8 Å². The first-order chi connectivity index (χ1) is 10.7. The highest BCUT2D eigenvalue weighted by Crippen LogP contribution is 2.23. The molecule has 1 heterocycles. The molecule has 1 aliphatic rings. The van der Waals surface area contributed by atoms with E-state index in [2.05, 4.69) is 27.7 Å². The minimum atomic E-state index is -0.348. The van der Waals surface area contributed by atoms with E-state index in [0.717, 1.165) is 4.90 Å². The van der Waals surface area contributed by atoms with Gasteiger partial charge in [-0.2, -0.15) is 0 Å². The van der Waals surface area contributed by atoms with Gasteiger partial charge in [0.1, 0.15) is 0 Å². The van der Waals surface area contributed by atoms with E-state index in [1.54, 1.807) is 18.2 Å². The number of amides is 3. The zero-order valence-electron chi connectivity index (χ0n) is 14.4. The Labute approximate surface area is 137 Å². The number of carbonyl (C=O) groups is 3. The molecule has 0 aromatic heterocycles. The maximum absolute atomic E-state index is 12.8. The molecule has 124 valence electrons. The van der Waals surface area contributed by atoms with E-state index in [-0.39, 0.29) is 17.7 Å². The van der Waals surface area contributed by atoms with E-state index in [0.29, 0.717) is 41.6 Å². The fourth-order valence-corrected chi connectivity index (χ4v) is 2.80. The zero-order valence-corrected chi connectivity index (χ0v) is 14.4. The Hall–Kier alpha value is -2.17. The van der Waals surface area contributed by atoms with Crippen LogP contribution < -0.4 is 0 Å². The molecule has 1 aliphatic heterocycles. The van der Waals surface area contributed by atoms with Crippen LogP contribution in [0.5, 0.6) is 0 Å². The van der Waals surface area contributed by atoms with Crippen molar-refractivity contribution in [1.29, 1.82) is 0 Å². The molecule has 0 spiro atoms. The summed E-state index contributed by atoms with van der Waals surface area (Å²) in [6, 6.07) is 4.77. The molecule has 23 heavy (non-hydrogen) atoms. The van der Waals surface area contributed by atoms with Crippen molar-refractivity contribution in [3.63, 3.8) is 0 Å². The molecule has 0 unspecified atom stereocenters. The van der Waals surface area contributed by atoms with Gasteiger partial charge in [-0.25, -0.2) is 0 Å². The summed E-state index contributed by atoms with van der Waals surface area (Å²) in [7, 11) is 1.45. The van der Waals surface area contributed by atoms with Crippen LogP contribution in [-0.4, -0.2) is 47.7 Å². The van der Waals surface area contributed by atoms with Crippen LogP contribution in [0.1, 0.15) is 58.8 Å². The number of benzene rings is 1. The van der Waals surface area contributed by atoms with Crippen molar-refractivity contribution < 1.29 is 14.4 Å². The van der Waals surface area contributed by atoms with E-state index < -0.39 is 0 Å². The standard InChI is InChI=1S/C18H24N2O3/c1-11(2)9-20(10-12(3)4)16(21)13-6-7-14-15(8-13)18(23)19(5)17(14)22/h6-8,11-12H,9-10H2,1-5H3. The molecular formula is C18H24N2O3. The first kappa shape index (κ1) is 17.2. The first-order valence-corrected chi connectivity index (χ1v) is 7.98. The molecule has 0 saturated heterocycles. The largest absolute Gasteiger partial charge is 0.338 e. The second kappa shape index (κ2) is 6.52. The molecule has 0 bridgehead atoms. The third-order valence-corrected chi connectivity index (χ3v) is 3.79. The molecule has 5 nitrogen and oxygen atoms in total. The summed E-state index contributed by atoms with van der Waals surface area (Å²) in [6.07, 6.45) is 0. The fraction of sp³-hybridized carbons (Fsp3) is 0.500. The summed E-state index contributed by atoms with van der Waals surface area (Å²) >= 11 is 0. The average Bonchev–Trinajstić information content (AvgIpc) is 2.69. The molecule has 0 radical (unpaired) electrons. The fourth-order valence-electron chi connectivity index (χ4n) is 2.80. The van der Waals surface area contributed by atoms with Crippen molar-refractivity contribution in [1.82, 2.24) is 9.80 Å².